The molecule has 2 aromatic heterocycles. The molecular weight excluding hydrogens is 290 g/mol. The topological polar surface area (TPSA) is 28.2 Å². The van der Waals surface area contributed by atoms with Gasteiger partial charge in [0.2, 0.25) is 0 Å². The third-order valence-electron chi connectivity index (χ3n) is 4.20. The van der Waals surface area contributed by atoms with Gasteiger partial charge in [0.15, 0.2) is 0 Å². The Balaban J connectivity index is 1.78. The Bertz CT molecular complexity index is 714. The van der Waals surface area contributed by atoms with E-state index in [4.69, 9.17) is 0 Å². The van der Waals surface area contributed by atoms with Crippen molar-refractivity contribution in [3.8, 4) is 0 Å². The normalized spacial score (nSPS) is 17.6. The van der Waals surface area contributed by atoms with Gasteiger partial charge in [0.25, 0.3) is 0 Å². The van der Waals surface area contributed by atoms with Crippen LogP contribution in [0.5, 0.6) is 0 Å². The standard InChI is InChI=1S/C18H19N3S/c1-2-7-16-14(5-1)13-17(22-16)18(15-6-3-4-8-20-15)21-11-9-19-10-12-21/h1-8,13,18-19H,9-12H2. The SMILES string of the molecule is c1ccc(C(c2cc3ccccc3s2)N2CCNCC2)nc1. The lowest BCUT2D eigenvalue weighted by molar-refractivity contribution is 0.198. The van der Waals surface area contributed by atoms with Gasteiger partial charge in [0.1, 0.15) is 0 Å². The first-order valence-electron chi connectivity index (χ1n) is 7.76. The average molecular weight is 309 g/mol. The molecule has 4 heteroatoms. The summed E-state index contributed by atoms with van der Waals surface area (Å²) >= 11 is 1.89. The fraction of sp³-hybridized carbons (Fsp3) is 0.278. The minimum atomic E-state index is 0.265. The maximum atomic E-state index is 4.65. The molecule has 3 nitrogen and oxygen atoms in total. The van der Waals surface area contributed by atoms with E-state index in [-0.39, 0.29) is 6.04 Å². The summed E-state index contributed by atoms with van der Waals surface area (Å²) in [5.74, 6) is 0. The summed E-state index contributed by atoms with van der Waals surface area (Å²) in [6.45, 7) is 4.23. The predicted octanol–water partition coefficient (Wildman–Crippen LogP) is 3.29. The molecule has 0 amide bonds. The zero-order valence-corrected chi connectivity index (χ0v) is 13.2. The van der Waals surface area contributed by atoms with Crippen LogP contribution in [-0.4, -0.2) is 36.1 Å². The molecule has 0 radical (unpaired) electrons. The van der Waals surface area contributed by atoms with Crippen molar-refractivity contribution in [3.05, 3.63) is 65.3 Å². The second kappa shape index (κ2) is 6.16. The highest BCUT2D eigenvalue weighted by Gasteiger charge is 2.26. The first-order chi connectivity index (χ1) is 10.9. The number of nitrogens with zero attached hydrogens (tertiary/aromatic N) is 2. The maximum Gasteiger partial charge on any atom is 0.0871 e. The van der Waals surface area contributed by atoms with Crippen molar-refractivity contribution in [1.82, 2.24) is 15.2 Å². The van der Waals surface area contributed by atoms with Crippen LogP contribution >= 0.6 is 11.3 Å². The second-order valence-electron chi connectivity index (χ2n) is 5.63. The van der Waals surface area contributed by atoms with Gasteiger partial charge < -0.3 is 5.32 Å². The highest BCUT2D eigenvalue weighted by Crippen LogP contribution is 2.36. The van der Waals surface area contributed by atoms with E-state index in [9.17, 15) is 0 Å². The summed E-state index contributed by atoms with van der Waals surface area (Å²) in [6.07, 6.45) is 1.90. The number of nitrogens with one attached hydrogen (secondary N) is 1. The van der Waals surface area contributed by atoms with Crippen molar-refractivity contribution in [2.75, 3.05) is 26.2 Å². The van der Waals surface area contributed by atoms with Crippen LogP contribution in [0, 0.1) is 0 Å². The van der Waals surface area contributed by atoms with Gasteiger partial charge in [-0.2, -0.15) is 0 Å². The summed E-state index contributed by atoms with van der Waals surface area (Å²) in [6, 6.07) is 17.5. The molecule has 0 spiro atoms. The van der Waals surface area contributed by atoms with E-state index >= 15 is 0 Å². The van der Waals surface area contributed by atoms with E-state index in [0.29, 0.717) is 0 Å². The van der Waals surface area contributed by atoms with Crippen molar-refractivity contribution in [2.45, 2.75) is 6.04 Å². The molecule has 22 heavy (non-hydrogen) atoms. The van der Waals surface area contributed by atoms with E-state index < -0.39 is 0 Å². The van der Waals surface area contributed by atoms with Crippen LogP contribution in [0.25, 0.3) is 10.1 Å². The third-order valence-corrected chi connectivity index (χ3v) is 5.37. The zero-order valence-electron chi connectivity index (χ0n) is 12.4. The number of fused-ring (bicyclic) bond motifs is 1. The second-order valence-corrected chi connectivity index (χ2v) is 6.75. The van der Waals surface area contributed by atoms with Crippen LogP contribution < -0.4 is 5.32 Å². The lowest BCUT2D eigenvalue weighted by Crippen LogP contribution is -2.45. The summed E-state index contributed by atoms with van der Waals surface area (Å²) in [4.78, 5) is 8.58. The van der Waals surface area contributed by atoms with E-state index in [2.05, 4.69) is 57.7 Å². The third kappa shape index (κ3) is 2.65. The van der Waals surface area contributed by atoms with Crippen LogP contribution in [0.1, 0.15) is 16.6 Å². The molecule has 1 unspecified atom stereocenters. The largest absolute Gasteiger partial charge is 0.314 e. The molecule has 1 aliphatic rings. The molecule has 3 heterocycles. The van der Waals surface area contributed by atoms with Gasteiger partial charge >= 0.3 is 0 Å². The van der Waals surface area contributed by atoms with Crippen molar-refractivity contribution in [1.29, 1.82) is 0 Å². The van der Waals surface area contributed by atoms with Crippen LogP contribution in [0.4, 0.5) is 0 Å². The van der Waals surface area contributed by atoms with Gasteiger partial charge in [-0.05, 0) is 29.7 Å². The van der Waals surface area contributed by atoms with Gasteiger partial charge in [-0.25, -0.2) is 0 Å². The van der Waals surface area contributed by atoms with E-state index in [1.807, 2.05) is 23.6 Å². The summed E-state index contributed by atoms with van der Waals surface area (Å²) in [7, 11) is 0. The van der Waals surface area contributed by atoms with Gasteiger partial charge in [-0.15, -0.1) is 11.3 Å². The molecule has 1 atom stereocenters. The smallest absolute Gasteiger partial charge is 0.0871 e. The molecule has 0 saturated carbocycles. The number of hydrogen-bond acceptors (Lipinski definition) is 4. The number of piperazine rings is 1. The minimum Gasteiger partial charge on any atom is -0.314 e. The molecule has 3 aromatic rings. The lowest BCUT2D eigenvalue weighted by atomic mass is 10.1. The fourth-order valence-electron chi connectivity index (χ4n) is 3.13. The van der Waals surface area contributed by atoms with Crippen molar-refractivity contribution in [2.24, 2.45) is 0 Å². The molecule has 4 rings (SSSR count). The van der Waals surface area contributed by atoms with E-state index in [1.165, 1.54) is 15.0 Å². The molecule has 1 N–H and O–H groups in total. The summed E-state index contributed by atoms with van der Waals surface area (Å²) in [5, 5.41) is 4.77. The van der Waals surface area contributed by atoms with Gasteiger partial charge in [0, 0.05) is 42.0 Å². The van der Waals surface area contributed by atoms with Crippen LogP contribution in [0.3, 0.4) is 0 Å². The quantitative estimate of drug-likeness (QED) is 0.805. The molecule has 1 fully saturated rings. The molecular formula is C18H19N3S. The Morgan fingerprint density at radius 2 is 1.86 bits per heavy atom. The van der Waals surface area contributed by atoms with Gasteiger partial charge in [-0.3, -0.25) is 9.88 Å². The Morgan fingerprint density at radius 1 is 1.05 bits per heavy atom. The highest BCUT2D eigenvalue weighted by atomic mass is 32.1. The van der Waals surface area contributed by atoms with Gasteiger partial charge in [-0.1, -0.05) is 24.3 Å². The summed E-state index contributed by atoms with van der Waals surface area (Å²) in [5.41, 5.74) is 1.15. The van der Waals surface area contributed by atoms with Crippen LogP contribution in [0.15, 0.2) is 54.7 Å². The molecule has 0 aliphatic carbocycles. The minimum absolute atomic E-state index is 0.265. The lowest BCUT2D eigenvalue weighted by Gasteiger charge is -2.34. The Labute approximate surface area is 134 Å². The number of rotatable bonds is 3. The first-order valence-corrected chi connectivity index (χ1v) is 8.58. The zero-order chi connectivity index (χ0) is 14.8. The predicted molar refractivity (Wildman–Crippen MR) is 92.3 cm³/mol. The highest BCUT2D eigenvalue weighted by molar-refractivity contribution is 7.19. The number of benzene rings is 1. The number of pyridine rings is 1. The van der Waals surface area contributed by atoms with Gasteiger partial charge in [0.05, 0.1) is 11.7 Å². The van der Waals surface area contributed by atoms with Crippen molar-refractivity contribution >= 4 is 21.4 Å². The molecule has 0 bridgehead atoms. The van der Waals surface area contributed by atoms with Crippen LogP contribution in [-0.2, 0) is 0 Å². The molecule has 1 aromatic carbocycles. The molecule has 112 valence electrons. The van der Waals surface area contributed by atoms with Crippen molar-refractivity contribution < 1.29 is 0 Å². The number of hydrogen-bond donors (Lipinski definition) is 1. The Hall–Kier alpha value is -1.75. The maximum absolute atomic E-state index is 4.65. The first kappa shape index (κ1) is 13.9. The fourth-order valence-corrected chi connectivity index (χ4v) is 4.34. The van der Waals surface area contributed by atoms with Crippen LogP contribution in [0.2, 0.25) is 0 Å². The van der Waals surface area contributed by atoms with E-state index in [1.54, 1.807) is 0 Å². The Kier molecular flexibility index (Phi) is 3.89. The summed E-state index contributed by atoms with van der Waals surface area (Å²) < 4.78 is 1.36. The van der Waals surface area contributed by atoms with Crippen molar-refractivity contribution in [3.63, 3.8) is 0 Å². The average Bonchev–Trinajstić information content (AvgIpc) is 3.00. The monoisotopic (exact) mass is 309 g/mol. The number of thiophene rings is 1. The molecule has 1 aliphatic heterocycles. The number of aromatic nitrogens is 1. The Morgan fingerprint density at radius 3 is 2.64 bits per heavy atom. The molecule has 1 saturated heterocycles. The van der Waals surface area contributed by atoms with E-state index in [0.717, 1.165) is 31.9 Å².